The SMILES string of the molecule is c1ccc(C2=NC(c3ccc4ccc5sc(-c6ccccc6)nc5c4c3)=NC(c3ccccc3)N2)cc1. The maximum atomic E-state index is 5.05. The molecule has 0 fully saturated rings. The van der Waals surface area contributed by atoms with Gasteiger partial charge in [0.1, 0.15) is 17.0 Å². The molecule has 1 aromatic heterocycles. The number of aliphatic imine (C=N–C) groups is 2. The maximum absolute atomic E-state index is 5.05. The van der Waals surface area contributed by atoms with Gasteiger partial charge in [-0.15, -0.1) is 11.3 Å². The highest BCUT2D eigenvalue weighted by Gasteiger charge is 2.21. The lowest BCUT2D eigenvalue weighted by molar-refractivity contribution is 0.674. The lowest BCUT2D eigenvalue weighted by Crippen LogP contribution is -2.33. The third-order valence-electron chi connectivity index (χ3n) is 6.56. The number of amidine groups is 2. The molecule has 0 saturated carbocycles. The minimum absolute atomic E-state index is 0.223. The van der Waals surface area contributed by atoms with Crippen LogP contribution in [0.4, 0.5) is 0 Å². The molecule has 1 aliphatic rings. The average molecular weight is 495 g/mol. The molecule has 37 heavy (non-hydrogen) atoms. The molecule has 0 saturated heterocycles. The van der Waals surface area contributed by atoms with Crippen molar-refractivity contribution in [2.45, 2.75) is 6.17 Å². The van der Waals surface area contributed by atoms with Crippen molar-refractivity contribution in [3.8, 4) is 10.6 Å². The number of aromatic nitrogens is 1. The van der Waals surface area contributed by atoms with E-state index >= 15 is 0 Å². The summed E-state index contributed by atoms with van der Waals surface area (Å²) in [6.07, 6.45) is -0.223. The van der Waals surface area contributed by atoms with Crippen LogP contribution in [-0.2, 0) is 0 Å². The molecule has 1 atom stereocenters. The molecule has 0 amide bonds. The van der Waals surface area contributed by atoms with Gasteiger partial charge in [0.15, 0.2) is 5.84 Å². The first kappa shape index (κ1) is 21.7. The number of thiazole rings is 1. The molecule has 7 rings (SSSR count). The van der Waals surface area contributed by atoms with Gasteiger partial charge < -0.3 is 5.32 Å². The van der Waals surface area contributed by atoms with Crippen LogP contribution in [0.15, 0.2) is 131 Å². The van der Waals surface area contributed by atoms with E-state index in [0.717, 1.165) is 49.4 Å². The summed E-state index contributed by atoms with van der Waals surface area (Å²) >= 11 is 1.72. The summed E-state index contributed by atoms with van der Waals surface area (Å²) in [5.41, 5.74) is 5.26. The number of nitrogens with zero attached hydrogens (tertiary/aromatic N) is 3. The van der Waals surface area contributed by atoms with Gasteiger partial charge in [-0.3, -0.25) is 0 Å². The number of rotatable bonds is 4. The Hall–Kier alpha value is -4.61. The van der Waals surface area contributed by atoms with Crippen molar-refractivity contribution in [2.75, 3.05) is 0 Å². The minimum atomic E-state index is -0.223. The average Bonchev–Trinajstić information content (AvgIpc) is 3.43. The molecule has 1 unspecified atom stereocenters. The molecule has 1 N–H and O–H groups in total. The van der Waals surface area contributed by atoms with Crippen LogP contribution in [0.2, 0.25) is 0 Å². The molecule has 6 aromatic rings. The minimum Gasteiger partial charge on any atom is -0.344 e. The van der Waals surface area contributed by atoms with Crippen LogP contribution in [-0.4, -0.2) is 16.7 Å². The van der Waals surface area contributed by atoms with Crippen molar-refractivity contribution < 1.29 is 0 Å². The first-order valence-electron chi connectivity index (χ1n) is 12.2. The van der Waals surface area contributed by atoms with E-state index in [-0.39, 0.29) is 6.17 Å². The summed E-state index contributed by atoms with van der Waals surface area (Å²) < 4.78 is 1.17. The number of nitrogens with one attached hydrogen (secondary N) is 1. The van der Waals surface area contributed by atoms with Gasteiger partial charge in [-0.1, -0.05) is 109 Å². The van der Waals surface area contributed by atoms with E-state index in [1.165, 1.54) is 4.70 Å². The quantitative estimate of drug-likeness (QED) is 0.274. The second-order valence-electron chi connectivity index (χ2n) is 8.97. The van der Waals surface area contributed by atoms with Crippen LogP contribution < -0.4 is 5.32 Å². The van der Waals surface area contributed by atoms with E-state index in [2.05, 4.69) is 84.2 Å². The highest BCUT2D eigenvalue weighted by molar-refractivity contribution is 7.21. The largest absolute Gasteiger partial charge is 0.344 e. The molecular weight excluding hydrogens is 472 g/mol. The maximum Gasteiger partial charge on any atom is 0.159 e. The number of benzene rings is 5. The summed E-state index contributed by atoms with van der Waals surface area (Å²) in [5, 5.41) is 6.82. The highest BCUT2D eigenvalue weighted by atomic mass is 32.1. The summed E-state index contributed by atoms with van der Waals surface area (Å²) in [6.45, 7) is 0. The van der Waals surface area contributed by atoms with Gasteiger partial charge in [0.25, 0.3) is 0 Å². The van der Waals surface area contributed by atoms with Crippen LogP contribution in [0.5, 0.6) is 0 Å². The number of hydrogen-bond acceptors (Lipinski definition) is 5. The van der Waals surface area contributed by atoms with Crippen LogP contribution >= 0.6 is 11.3 Å². The van der Waals surface area contributed by atoms with Crippen molar-refractivity contribution >= 4 is 44.0 Å². The zero-order valence-electron chi connectivity index (χ0n) is 19.9. The van der Waals surface area contributed by atoms with Crippen molar-refractivity contribution in [1.82, 2.24) is 10.3 Å². The van der Waals surface area contributed by atoms with Gasteiger partial charge in [-0.05, 0) is 23.1 Å². The molecule has 5 aromatic carbocycles. The van der Waals surface area contributed by atoms with Gasteiger partial charge in [-0.2, -0.15) is 0 Å². The monoisotopic (exact) mass is 494 g/mol. The van der Waals surface area contributed by atoms with Gasteiger partial charge >= 0.3 is 0 Å². The highest BCUT2D eigenvalue weighted by Crippen LogP contribution is 2.35. The van der Waals surface area contributed by atoms with Crippen LogP contribution in [0.25, 0.3) is 31.6 Å². The lowest BCUT2D eigenvalue weighted by atomic mass is 10.0. The smallest absolute Gasteiger partial charge is 0.159 e. The molecule has 0 bridgehead atoms. The molecule has 4 nitrogen and oxygen atoms in total. The van der Waals surface area contributed by atoms with Crippen LogP contribution in [0.1, 0.15) is 22.9 Å². The Morgan fingerprint density at radius 1 is 0.649 bits per heavy atom. The summed E-state index contributed by atoms with van der Waals surface area (Å²) in [6, 6.07) is 41.6. The van der Waals surface area contributed by atoms with Gasteiger partial charge in [0, 0.05) is 22.1 Å². The third kappa shape index (κ3) is 4.09. The summed E-state index contributed by atoms with van der Waals surface area (Å²) in [5.74, 6) is 1.53. The predicted octanol–water partition coefficient (Wildman–Crippen LogP) is 7.61. The molecule has 0 spiro atoms. The van der Waals surface area contributed by atoms with E-state index in [1.807, 2.05) is 42.5 Å². The Morgan fingerprint density at radius 3 is 2.08 bits per heavy atom. The van der Waals surface area contributed by atoms with E-state index in [1.54, 1.807) is 11.3 Å². The van der Waals surface area contributed by atoms with Crippen molar-refractivity contribution in [2.24, 2.45) is 9.98 Å². The fourth-order valence-electron chi connectivity index (χ4n) is 4.68. The van der Waals surface area contributed by atoms with Gasteiger partial charge in [0.05, 0.1) is 10.2 Å². The zero-order chi connectivity index (χ0) is 24.6. The lowest BCUT2D eigenvalue weighted by Gasteiger charge is -2.23. The van der Waals surface area contributed by atoms with Crippen LogP contribution in [0, 0.1) is 0 Å². The normalized spacial score (nSPS) is 15.3. The van der Waals surface area contributed by atoms with Gasteiger partial charge in [-0.25, -0.2) is 15.0 Å². The standard InChI is InChI=1S/C32H22N4S/c1-4-10-22(11-5-1)29-34-30(23-12-6-2-7-13-23)36-31(35-29)25-17-16-21-18-19-27-28(26(21)20-25)33-32(37-27)24-14-8-3-9-15-24/h1-20,29H,(H,34,35,36). The second-order valence-corrected chi connectivity index (χ2v) is 10.0. The summed E-state index contributed by atoms with van der Waals surface area (Å²) in [4.78, 5) is 15.1. The Morgan fingerprint density at radius 2 is 1.32 bits per heavy atom. The molecule has 0 radical (unpaired) electrons. The van der Waals surface area contributed by atoms with E-state index in [9.17, 15) is 0 Å². The predicted molar refractivity (Wildman–Crippen MR) is 154 cm³/mol. The summed E-state index contributed by atoms with van der Waals surface area (Å²) in [7, 11) is 0. The molecule has 0 aliphatic carbocycles. The molecule has 2 heterocycles. The Balaban J connectivity index is 1.37. The van der Waals surface area contributed by atoms with E-state index < -0.39 is 0 Å². The first-order chi connectivity index (χ1) is 18.3. The topological polar surface area (TPSA) is 49.6 Å². The number of hydrogen-bond donors (Lipinski definition) is 1. The van der Waals surface area contributed by atoms with Crippen LogP contribution in [0.3, 0.4) is 0 Å². The molecule has 5 heteroatoms. The fraction of sp³-hybridized carbons (Fsp3) is 0.0312. The van der Waals surface area contributed by atoms with Crippen molar-refractivity contribution in [3.05, 3.63) is 138 Å². The second kappa shape index (κ2) is 9.12. The molecular formula is C32H22N4S. The van der Waals surface area contributed by atoms with Crippen molar-refractivity contribution in [3.63, 3.8) is 0 Å². The van der Waals surface area contributed by atoms with Gasteiger partial charge in [0.2, 0.25) is 0 Å². The zero-order valence-corrected chi connectivity index (χ0v) is 20.7. The van der Waals surface area contributed by atoms with E-state index in [4.69, 9.17) is 15.0 Å². The molecule has 1 aliphatic heterocycles. The Labute approximate surface area is 218 Å². The van der Waals surface area contributed by atoms with E-state index in [0.29, 0.717) is 5.84 Å². The first-order valence-corrected chi connectivity index (χ1v) is 13.1. The Kier molecular flexibility index (Phi) is 5.34. The fourth-order valence-corrected chi connectivity index (χ4v) is 5.67. The number of fused-ring (bicyclic) bond motifs is 3. The van der Waals surface area contributed by atoms with Crippen molar-refractivity contribution in [1.29, 1.82) is 0 Å². The molecule has 176 valence electrons. The third-order valence-corrected chi connectivity index (χ3v) is 7.63. The Bertz CT molecular complexity index is 1790.